The summed E-state index contributed by atoms with van der Waals surface area (Å²) in [5, 5.41) is 0. The van der Waals surface area contributed by atoms with Gasteiger partial charge in [-0.15, -0.1) is 0 Å². The van der Waals surface area contributed by atoms with Gasteiger partial charge in [-0.05, 0) is 57.9 Å². The lowest BCUT2D eigenvalue weighted by Gasteiger charge is -2.40. The molecule has 142 valence electrons. The third kappa shape index (κ3) is 3.48. The highest BCUT2D eigenvalue weighted by Crippen LogP contribution is 2.49. The van der Waals surface area contributed by atoms with E-state index in [9.17, 15) is 0 Å². The minimum atomic E-state index is 0.357. The molecule has 3 unspecified atom stereocenters. The minimum Gasteiger partial charge on any atom is -0.389 e. The van der Waals surface area contributed by atoms with E-state index in [1.807, 2.05) is 17.8 Å². The average molecular weight is 398 g/mol. The van der Waals surface area contributed by atoms with Crippen LogP contribution in [0.3, 0.4) is 0 Å². The molecule has 0 spiro atoms. The van der Waals surface area contributed by atoms with Crippen molar-refractivity contribution in [2.24, 2.45) is 5.73 Å². The Hall–Kier alpha value is -1.56. The molecule has 1 saturated heterocycles. The van der Waals surface area contributed by atoms with Crippen LogP contribution in [0.2, 0.25) is 0 Å². The van der Waals surface area contributed by atoms with Crippen LogP contribution >= 0.6 is 24.0 Å². The fourth-order valence-corrected chi connectivity index (χ4v) is 5.59. The minimum absolute atomic E-state index is 0.357. The van der Waals surface area contributed by atoms with Gasteiger partial charge >= 0.3 is 0 Å². The quantitative estimate of drug-likeness (QED) is 0.718. The second-order valence-electron chi connectivity index (χ2n) is 7.81. The molecule has 0 bridgehead atoms. The molecule has 0 aliphatic carbocycles. The van der Waals surface area contributed by atoms with Crippen LogP contribution in [0.1, 0.15) is 39.2 Å². The van der Waals surface area contributed by atoms with Crippen molar-refractivity contribution in [2.45, 2.75) is 61.5 Å². The Morgan fingerprint density at radius 3 is 2.48 bits per heavy atom. The topological polar surface area (TPSA) is 32.5 Å². The highest BCUT2D eigenvalue weighted by Gasteiger charge is 2.33. The maximum absolute atomic E-state index is 5.93. The molecule has 2 aliphatic heterocycles. The number of likely N-dealkylation sites (tertiary alicyclic amines) is 1. The van der Waals surface area contributed by atoms with Crippen molar-refractivity contribution in [3.63, 3.8) is 0 Å². The number of benzene rings is 2. The number of hydrogen-bond acceptors (Lipinski definition) is 4. The fraction of sp³-hybridized carbons (Fsp3) is 0.409. The Bertz CT molecular complexity index is 856. The molecule has 3 nitrogen and oxygen atoms in total. The zero-order valence-electron chi connectivity index (χ0n) is 16.2. The highest BCUT2D eigenvalue weighted by molar-refractivity contribution is 7.99. The van der Waals surface area contributed by atoms with Gasteiger partial charge in [0.2, 0.25) is 0 Å². The SMILES string of the molecule is CC(CN1C(C)CCC1C)N1c2ccccc2Sc2ccc(C(N)=S)cc21. The number of nitrogens with zero attached hydrogens (tertiary/aromatic N) is 2. The summed E-state index contributed by atoms with van der Waals surface area (Å²) in [5.74, 6) is 0. The lowest BCUT2D eigenvalue weighted by atomic mass is 10.1. The van der Waals surface area contributed by atoms with E-state index in [0.717, 1.165) is 12.1 Å². The van der Waals surface area contributed by atoms with E-state index in [1.165, 1.54) is 34.0 Å². The first kappa shape index (κ1) is 18.8. The summed E-state index contributed by atoms with van der Waals surface area (Å²) in [6, 6.07) is 16.7. The third-order valence-corrected chi connectivity index (χ3v) is 7.26. The van der Waals surface area contributed by atoms with Crippen LogP contribution in [0, 0.1) is 0 Å². The number of rotatable bonds is 4. The van der Waals surface area contributed by atoms with Gasteiger partial charge < -0.3 is 10.6 Å². The monoisotopic (exact) mass is 397 g/mol. The molecule has 0 aromatic heterocycles. The summed E-state index contributed by atoms with van der Waals surface area (Å²) in [7, 11) is 0. The second kappa shape index (κ2) is 7.46. The van der Waals surface area contributed by atoms with E-state index in [-0.39, 0.29) is 0 Å². The van der Waals surface area contributed by atoms with Gasteiger partial charge in [0.05, 0.1) is 11.4 Å². The van der Waals surface area contributed by atoms with Crippen molar-refractivity contribution in [1.29, 1.82) is 0 Å². The standard InChI is InChI=1S/C22H27N3S2/c1-14-8-9-15(2)24(14)13-16(3)25-18-6-4-5-7-20(18)27-21-11-10-17(22(23)26)12-19(21)25/h4-7,10-12,14-16H,8-9,13H2,1-3H3,(H2,23,26). The van der Waals surface area contributed by atoms with Crippen LogP contribution in [-0.4, -0.2) is 34.6 Å². The molecule has 0 radical (unpaired) electrons. The summed E-state index contributed by atoms with van der Waals surface area (Å²) in [6.45, 7) is 8.10. The highest BCUT2D eigenvalue weighted by atomic mass is 32.2. The zero-order chi connectivity index (χ0) is 19.1. The Morgan fingerprint density at radius 2 is 1.78 bits per heavy atom. The molecule has 4 rings (SSSR count). The van der Waals surface area contributed by atoms with E-state index in [2.05, 4.69) is 67.0 Å². The van der Waals surface area contributed by atoms with Gasteiger partial charge in [0.1, 0.15) is 4.99 Å². The van der Waals surface area contributed by atoms with E-state index in [4.69, 9.17) is 18.0 Å². The largest absolute Gasteiger partial charge is 0.389 e. The van der Waals surface area contributed by atoms with Crippen LogP contribution < -0.4 is 10.6 Å². The van der Waals surface area contributed by atoms with Crippen LogP contribution in [0.25, 0.3) is 0 Å². The smallest absolute Gasteiger partial charge is 0.104 e. The van der Waals surface area contributed by atoms with Gasteiger partial charge in [-0.1, -0.05) is 42.2 Å². The zero-order valence-corrected chi connectivity index (χ0v) is 17.8. The third-order valence-electron chi connectivity index (χ3n) is 5.90. The molecule has 2 aliphatic rings. The van der Waals surface area contributed by atoms with Crippen LogP contribution in [-0.2, 0) is 0 Å². The lowest BCUT2D eigenvalue weighted by molar-refractivity contribution is 0.204. The molecule has 0 saturated carbocycles. The van der Waals surface area contributed by atoms with Crippen molar-refractivity contribution in [3.8, 4) is 0 Å². The van der Waals surface area contributed by atoms with Crippen molar-refractivity contribution >= 4 is 40.3 Å². The molecule has 27 heavy (non-hydrogen) atoms. The predicted molar refractivity (Wildman–Crippen MR) is 119 cm³/mol. The van der Waals surface area contributed by atoms with Gasteiger partial charge in [0.25, 0.3) is 0 Å². The normalized spacial score (nSPS) is 23.0. The Labute approximate surface area is 171 Å². The van der Waals surface area contributed by atoms with Crippen LogP contribution in [0.15, 0.2) is 52.3 Å². The Kier molecular flexibility index (Phi) is 5.19. The Balaban J connectivity index is 1.74. The van der Waals surface area contributed by atoms with Crippen LogP contribution in [0.5, 0.6) is 0 Å². The van der Waals surface area contributed by atoms with Gasteiger partial charge in [-0.25, -0.2) is 0 Å². The summed E-state index contributed by atoms with van der Waals surface area (Å²) in [4.78, 5) is 8.17. The maximum Gasteiger partial charge on any atom is 0.104 e. The van der Waals surface area contributed by atoms with Crippen molar-refractivity contribution in [1.82, 2.24) is 4.90 Å². The molecule has 2 N–H and O–H groups in total. The number of para-hydroxylation sites is 1. The number of hydrogen-bond donors (Lipinski definition) is 1. The lowest BCUT2D eigenvalue weighted by Crippen LogP contribution is -2.44. The van der Waals surface area contributed by atoms with Gasteiger partial charge in [0, 0.05) is 40.0 Å². The van der Waals surface area contributed by atoms with E-state index in [0.29, 0.717) is 23.1 Å². The number of nitrogens with two attached hydrogens (primary N) is 1. The maximum atomic E-state index is 5.93. The van der Waals surface area contributed by atoms with Gasteiger partial charge in [-0.2, -0.15) is 0 Å². The molecule has 2 heterocycles. The molecule has 2 aromatic carbocycles. The molecular formula is C22H27N3S2. The molecular weight excluding hydrogens is 370 g/mol. The van der Waals surface area contributed by atoms with Crippen molar-refractivity contribution in [3.05, 3.63) is 48.0 Å². The number of thiocarbonyl (C=S) groups is 1. The molecule has 1 fully saturated rings. The molecule has 5 heteroatoms. The Morgan fingerprint density at radius 1 is 1.11 bits per heavy atom. The van der Waals surface area contributed by atoms with E-state index >= 15 is 0 Å². The van der Waals surface area contributed by atoms with Crippen LogP contribution in [0.4, 0.5) is 11.4 Å². The summed E-state index contributed by atoms with van der Waals surface area (Å²) in [5.41, 5.74) is 9.36. The number of anilines is 2. The predicted octanol–water partition coefficient (Wildman–Crippen LogP) is 5.18. The summed E-state index contributed by atoms with van der Waals surface area (Å²) in [6.07, 6.45) is 2.59. The fourth-order valence-electron chi connectivity index (χ4n) is 4.41. The molecule has 3 atom stereocenters. The first-order valence-corrected chi connectivity index (χ1v) is 10.9. The first-order chi connectivity index (χ1) is 13.0. The van der Waals surface area contributed by atoms with E-state index < -0.39 is 0 Å². The van der Waals surface area contributed by atoms with Gasteiger partial charge in [0.15, 0.2) is 0 Å². The molecule has 2 aromatic rings. The second-order valence-corrected chi connectivity index (χ2v) is 9.33. The number of fused-ring (bicyclic) bond motifs is 2. The molecule has 0 amide bonds. The summed E-state index contributed by atoms with van der Waals surface area (Å²) < 4.78 is 0. The van der Waals surface area contributed by atoms with Gasteiger partial charge in [-0.3, -0.25) is 4.90 Å². The van der Waals surface area contributed by atoms with Crippen molar-refractivity contribution < 1.29 is 0 Å². The first-order valence-electron chi connectivity index (χ1n) is 9.71. The van der Waals surface area contributed by atoms with E-state index in [1.54, 1.807) is 0 Å². The van der Waals surface area contributed by atoms with Crippen molar-refractivity contribution in [2.75, 3.05) is 11.4 Å². The summed E-state index contributed by atoms with van der Waals surface area (Å²) >= 11 is 7.07. The average Bonchev–Trinajstić information content (AvgIpc) is 2.97.